The summed E-state index contributed by atoms with van der Waals surface area (Å²) in [6, 6.07) is 4.45. The van der Waals surface area contributed by atoms with Crippen molar-refractivity contribution in [3.8, 4) is 0 Å². The Morgan fingerprint density at radius 1 is 1.50 bits per heavy atom. The maximum absolute atomic E-state index is 10.5. The number of benzene rings is 1. The minimum Gasteiger partial charge on any atom is -0.409 e. The summed E-state index contributed by atoms with van der Waals surface area (Å²) in [5.74, 6) is -0.0389. The van der Waals surface area contributed by atoms with E-state index in [0.717, 1.165) is 5.56 Å². The predicted octanol–water partition coefficient (Wildman–Crippen LogP) is 1.62. The third-order valence-corrected chi connectivity index (χ3v) is 2.22. The lowest BCUT2D eigenvalue weighted by Crippen LogP contribution is -2.18. The van der Waals surface area contributed by atoms with E-state index < -0.39 is 4.92 Å². The summed E-state index contributed by atoms with van der Waals surface area (Å²) in [7, 11) is 0. The number of hydrogen-bond donors (Lipinski definition) is 2. The molecule has 0 aliphatic heterocycles. The Hall–Kier alpha value is -2.08. The van der Waals surface area contributed by atoms with Crippen molar-refractivity contribution in [1.29, 1.82) is 0 Å². The number of amidine groups is 1. The fourth-order valence-corrected chi connectivity index (χ4v) is 1.44. The lowest BCUT2D eigenvalue weighted by molar-refractivity contribution is -0.384. The molecule has 16 heavy (non-hydrogen) atoms. The third-order valence-electron chi connectivity index (χ3n) is 2.22. The highest BCUT2D eigenvalue weighted by Gasteiger charge is 2.22. The quantitative estimate of drug-likeness (QED) is 0.270. The zero-order chi connectivity index (χ0) is 11.0. The number of fused-ring (bicyclic) bond motifs is 1. The molecule has 1 aliphatic carbocycles. The molecule has 1 aromatic carbocycles. The highest BCUT2D eigenvalue weighted by molar-refractivity contribution is 6.31. The molecule has 3 N–H and O–H groups in total. The Kier molecular flexibility index (Phi) is 3.14. The van der Waals surface area contributed by atoms with Gasteiger partial charge in [-0.15, -0.1) is 12.4 Å². The van der Waals surface area contributed by atoms with E-state index in [0.29, 0.717) is 11.1 Å². The molecule has 0 amide bonds. The van der Waals surface area contributed by atoms with Crippen LogP contribution < -0.4 is 5.73 Å². The van der Waals surface area contributed by atoms with Gasteiger partial charge in [0.1, 0.15) is 0 Å². The average molecular weight is 242 g/mol. The number of oxime groups is 1. The summed E-state index contributed by atoms with van der Waals surface area (Å²) >= 11 is 0. The molecular formula is C9H8ClN3O3. The van der Waals surface area contributed by atoms with E-state index in [1.54, 1.807) is 12.1 Å². The first-order valence-corrected chi connectivity index (χ1v) is 4.12. The molecule has 0 saturated carbocycles. The number of nitrogens with two attached hydrogens (primary N) is 1. The topological polar surface area (TPSA) is 102 Å². The van der Waals surface area contributed by atoms with E-state index >= 15 is 0 Å². The number of nitro benzene ring substituents is 1. The van der Waals surface area contributed by atoms with E-state index in [2.05, 4.69) is 5.16 Å². The van der Waals surface area contributed by atoms with Gasteiger partial charge in [0.2, 0.25) is 0 Å². The molecule has 0 aromatic heterocycles. The first-order valence-electron chi connectivity index (χ1n) is 4.12. The van der Waals surface area contributed by atoms with E-state index in [9.17, 15) is 10.1 Å². The van der Waals surface area contributed by atoms with Crippen LogP contribution in [-0.4, -0.2) is 16.0 Å². The standard InChI is InChI=1S/C9H7N3O3.ClH/c10-9(11-13)8-3-5-1-2-6(12(14)15)4-7(5)8;/h1-4,13H,(H2,10,11);1H. The maximum atomic E-state index is 10.5. The lowest BCUT2D eigenvalue weighted by Gasteiger charge is -2.17. The Morgan fingerprint density at radius 3 is 2.75 bits per heavy atom. The van der Waals surface area contributed by atoms with Crippen LogP contribution >= 0.6 is 12.4 Å². The Bertz CT molecular complexity index is 511. The van der Waals surface area contributed by atoms with Crippen molar-refractivity contribution >= 4 is 35.6 Å². The summed E-state index contributed by atoms with van der Waals surface area (Å²) in [4.78, 5) is 10.0. The fraction of sp³-hybridized carbons (Fsp3) is 0. The largest absolute Gasteiger partial charge is 0.409 e. The summed E-state index contributed by atoms with van der Waals surface area (Å²) in [6.07, 6.45) is 1.70. The molecule has 0 radical (unpaired) electrons. The van der Waals surface area contributed by atoms with Crippen LogP contribution in [0.25, 0.3) is 11.6 Å². The molecule has 6 nitrogen and oxygen atoms in total. The molecule has 84 valence electrons. The Morgan fingerprint density at radius 2 is 2.19 bits per heavy atom. The van der Waals surface area contributed by atoms with Crippen molar-refractivity contribution in [2.45, 2.75) is 0 Å². The Labute approximate surface area is 96.6 Å². The molecule has 1 aliphatic rings. The second-order valence-corrected chi connectivity index (χ2v) is 3.07. The monoisotopic (exact) mass is 241 g/mol. The Balaban J connectivity index is 0.00000128. The van der Waals surface area contributed by atoms with Gasteiger partial charge in [-0.25, -0.2) is 0 Å². The van der Waals surface area contributed by atoms with Gasteiger partial charge in [0, 0.05) is 17.7 Å². The van der Waals surface area contributed by atoms with Gasteiger partial charge in [0.15, 0.2) is 5.84 Å². The van der Waals surface area contributed by atoms with Gasteiger partial charge in [-0.05, 0) is 23.3 Å². The number of nitrogens with zero attached hydrogens (tertiary/aromatic N) is 2. The molecule has 0 bridgehead atoms. The van der Waals surface area contributed by atoms with Crippen molar-refractivity contribution in [3.05, 3.63) is 39.4 Å². The zero-order valence-electron chi connectivity index (χ0n) is 7.95. The molecule has 7 heteroatoms. The van der Waals surface area contributed by atoms with Crippen molar-refractivity contribution in [2.24, 2.45) is 10.9 Å². The van der Waals surface area contributed by atoms with Crippen LogP contribution in [0.3, 0.4) is 0 Å². The summed E-state index contributed by atoms with van der Waals surface area (Å²) in [5, 5.41) is 21.8. The number of non-ortho nitro benzene ring substituents is 1. The van der Waals surface area contributed by atoms with Crippen LogP contribution in [0.15, 0.2) is 23.4 Å². The van der Waals surface area contributed by atoms with Crippen molar-refractivity contribution in [3.63, 3.8) is 0 Å². The van der Waals surface area contributed by atoms with Gasteiger partial charge in [0.25, 0.3) is 5.69 Å². The zero-order valence-corrected chi connectivity index (χ0v) is 8.77. The van der Waals surface area contributed by atoms with Crippen molar-refractivity contribution < 1.29 is 10.1 Å². The molecule has 0 atom stereocenters. The normalized spacial score (nSPS) is 13.0. The number of hydrogen-bond acceptors (Lipinski definition) is 4. The van der Waals surface area contributed by atoms with Crippen LogP contribution in [0.2, 0.25) is 0 Å². The second-order valence-electron chi connectivity index (χ2n) is 3.07. The van der Waals surface area contributed by atoms with E-state index in [-0.39, 0.29) is 23.9 Å². The van der Waals surface area contributed by atoms with Gasteiger partial charge >= 0.3 is 0 Å². The molecule has 2 rings (SSSR count). The van der Waals surface area contributed by atoms with Crippen LogP contribution in [0, 0.1) is 10.1 Å². The smallest absolute Gasteiger partial charge is 0.270 e. The van der Waals surface area contributed by atoms with Crippen LogP contribution in [0.5, 0.6) is 0 Å². The molecular weight excluding hydrogens is 234 g/mol. The van der Waals surface area contributed by atoms with Gasteiger partial charge in [0.05, 0.1) is 4.92 Å². The minimum atomic E-state index is -0.484. The molecule has 0 saturated heterocycles. The molecule has 0 unspecified atom stereocenters. The minimum absolute atomic E-state index is 0. The first-order chi connectivity index (χ1) is 7.13. The summed E-state index contributed by atoms with van der Waals surface area (Å²) in [6.45, 7) is 0. The van der Waals surface area contributed by atoms with E-state index in [4.69, 9.17) is 10.9 Å². The van der Waals surface area contributed by atoms with Gasteiger partial charge in [-0.3, -0.25) is 10.1 Å². The van der Waals surface area contributed by atoms with Gasteiger partial charge in [-0.1, -0.05) is 5.16 Å². The van der Waals surface area contributed by atoms with Crippen LogP contribution in [0.1, 0.15) is 11.1 Å². The summed E-state index contributed by atoms with van der Waals surface area (Å²) in [5.41, 5.74) is 7.38. The lowest BCUT2D eigenvalue weighted by atomic mass is 9.87. The van der Waals surface area contributed by atoms with Crippen LogP contribution in [-0.2, 0) is 0 Å². The second kappa shape index (κ2) is 4.19. The predicted molar refractivity (Wildman–Crippen MR) is 61.6 cm³/mol. The highest BCUT2D eigenvalue weighted by Crippen LogP contribution is 2.34. The molecule has 0 spiro atoms. The third kappa shape index (κ3) is 1.70. The molecule has 1 aromatic rings. The average Bonchev–Trinajstić information content (AvgIpc) is 2.19. The maximum Gasteiger partial charge on any atom is 0.270 e. The molecule has 0 fully saturated rings. The number of rotatable bonds is 2. The van der Waals surface area contributed by atoms with E-state index in [1.165, 1.54) is 12.1 Å². The molecule has 0 heterocycles. The highest BCUT2D eigenvalue weighted by atomic mass is 35.5. The SMILES string of the molecule is Cl.NC(=NO)C1=Cc2ccc([N+](=O)[O-])cc21. The van der Waals surface area contributed by atoms with Crippen LogP contribution in [0.4, 0.5) is 5.69 Å². The first kappa shape index (κ1) is 12.0. The van der Waals surface area contributed by atoms with E-state index in [1.807, 2.05) is 0 Å². The summed E-state index contributed by atoms with van der Waals surface area (Å²) < 4.78 is 0. The van der Waals surface area contributed by atoms with Crippen molar-refractivity contribution in [2.75, 3.05) is 0 Å². The number of nitro groups is 1. The van der Waals surface area contributed by atoms with Gasteiger partial charge in [-0.2, -0.15) is 0 Å². The van der Waals surface area contributed by atoms with Crippen molar-refractivity contribution in [1.82, 2.24) is 0 Å². The number of halogens is 1. The fourth-order valence-electron chi connectivity index (χ4n) is 1.44. The van der Waals surface area contributed by atoms with Gasteiger partial charge < -0.3 is 10.9 Å².